The molecule has 4 nitrogen and oxygen atoms in total. The number of hydrogen-bond donors (Lipinski definition) is 1. The van der Waals surface area contributed by atoms with Gasteiger partial charge < -0.3 is 10.0 Å². The molecule has 0 spiro atoms. The van der Waals surface area contributed by atoms with Crippen LogP contribution in [0.3, 0.4) is 0 Å². The van der Waals surface area contributed by atoms with Gasteiger partial charge in [0.2, 0.25) is 0 Å². The Balaban J connectivity index is 1.89. The predicted molar refractivity (Wildman–Crippen MR) is 82.5 cm³/mol. The maximum absolute atomic E-state index is 11.5. The normalized spacial score (nSPS) is 23.4. The lowest BCUT2D eigenvalue weighted by Crippen LogP contribution is -2.37. The molecule has 0 aliphatic carbocycles. The van der Waals surface area contributed by atoms with Crippen molar-refractivity contribution in [1.29, 1.82) is 0 Å². The van der Waals surface area contributed by atoms with Crippen LogP contribution in [0.15, 0.2) is 22.7 Å². The fourth-order valence-electron chi connectivity index (χ4n) is 3.38. The average molecular weight is 339 g/mol. The lowest BCUT2D eigenvalue weighted by Gasteiger charge is -2.28. The van der Waals surface area contributed by atoms with Gasteiger partial charge in [-0.1, -0.05) is 15.9 Å². The van der Waals surface area contributed by atoms with Crippen LogP contribution in [-0.2, 0) is 0 Å². The zero-order valence-electron chi connectivity index (χ0n) is 11.4. The highest BCUT2D eigenvalue weighted by Crippen LogP contribution is 2.29. The Bertz CT molecular complexity index is 521. The number of aromatic carboxylic acids is 1. The monoisotopic (exact) mass is 338 g/mol. The second kappa shape index (κ2) is 5.74. The van der Waals surface area contributed by atoms with Crippen molar-refractivity contribution in [2.75, 3.05) is 31.1 Å². The summed E-state index contributed by atoms with van der Waals surface area (Å²) in [6.07, 6.45) is 3.60. The number of fused-ring (bicyclic) bond motifs is 1. The Hall–Kier alpha value is -1.07. The summed E-state index contributed by atoms with van der Waals surface area (Å²) in [5, 5.41) is 9.42. The first-order chi connectivity index (χ1) is 9.65. The Kier molecular flexibility index (Phi) is 3.98. The smallest absolute Gasteiger partial charge is 0.337 e. The largest absolute Gasteiger partial charge is 0.478 e. The molecule has 0 amide bonds. The Morgan fingerprint density at radius 2 is 2.05 bits per heavy atom. The summed E-state index contributed by atoms with van der Waals surface area (Å²) < 4.78 is 0.816. The van der Waals surface area contributed by atoms with E-state index in [2.05, 4.69) is 25.7 Å². The molecule has 0 bridgehead atoms. The molecule has 2 aliphatic rings. The highest BCUT2D eigenvalue weighted by Gasteiger charge is 2.30. The molecule has 1 aromatic carbocycles. The molecule has 2 saturated heterocycles. The van der Waals surface area contributed by atoms with Crippen LogP contribution in [0.1, 0.15) is 29.6 Å². The number of benzene rings is 1. The standard InChI is InChI=1S/C15H19BrN2O2/c16-11-4-5-14(13(9-11)15(19)20)18-8-2-7-17-6-1-3-12(17)10-18/h4-5,9,12H,1-3,6-8,10H2,(H,19,20). The quantitative estimate of drug-likeness (QED) is 0.900. The average Bonchev–Trinajstić information content (AvgIpc) is 2.76. The molecule has 0 radical (unpaired) electrons. The third kappa shape index (κ3) is 2.69. The number of carboxylic acids is 1. The lowest BCUT2D eigenvalue weighted by atomic mass is 10.1. The predicted octanol–water partition coefficient (Wildman–Crippen LogP) is 2.82. The third-order valence-corrected chi connectivity index (χ3v) is 4.83. The molecule has 3 rings (SSSR count). The van der Waals surface area contributed by atoms with Gasteiger partial charge in [0.25, 0.3) is 0 Å². The van der Waals surface area contributed by atoms with Crippen LogP contribution >= 0.6 is 15.9 Å². The van der Waals surface area contributed by atoms with Gasteiger partial charge in [-0.3, -0.25) is 4.90 Å². The first-order valence-corrected chi connectivity index (χ1v) is 7.96. The molecule has 2 aliphatic heterocycles. The number of carboxylic acid groups (broad SMARTS) is 1. The number of nitrogens with zero attached hydrogens (tertiary/aromatic N) is 2. The van der Waals surface area contributed by atoms with E-state index in [-0.39, 0.29) is 0 Å². The van der Waals surface area contributed by atoms with E-state index in [0.717, 1.165) is 36.2 Å². The third-order valence-electron chi connectivity index (χ3n) is 4.33. The summed E-state index contributed by atoms with van der Waals surface area (Å²) in [6, 6.07) is 6.15. The highest BCUT2D eigenvalue weighted by molar-refractivity contribution is 9.10. The van der Waals surface area contributed by atoms with Crippen LogP contribution in [0.4, 0.5) is 5.69 Å². The van der Waals surface area contributed by atoms with Gasteiger partial charge in [0, 0.05) is 30.1 Å². The van der Waals surface area contributed by atoms with E-state index in [9.17, 15) is 9.90 Å². The zero-order valence-corrected chi connectivity index (χ0v) is 13.0. The minimum Gasteiger partial charge on any atom is -0.478 e. The van der Waals surface area contributed by atoms with Gasteiger partial charge in [-0.05, 0) is 44.0 Å². The molecule has 1 atom stereocenters. The van der Waals surface area contributed by atoms with E-state index >= 15 is 0 Å². The topological polar surface area (TPSA) is 43.8 Å². The lowest BCUT2D eigenvalue weighted by molar-refractivity contribution is 0.0697. The highest BCUT2D eigenvalue weighted by atomic mass is 79.9. The zero-order chi connectivity index (χ0) is 14.1. The second-order valence-electron chi connectivity index (χ2n) is 5.60. The SMILES string of the molecule is O=C(O)c1cc(Br)ccc1N1CCCN2CCCC2C1. The molecular formula is C15H19BrN2O2. The molecule has 2 heterocycles. The Morgan fingerprint density at radius 3 is 2.85 bits per heavy atom. The maximum atomic E-state index is 11.5. The summed E-state index contributed by atoms with van der Waals surface area (Å²) in [5.41, 5.74) is 1.25. The van der Waals surface area contributed by atoms with E-state index in [4.69, 9.17) is 0 Å². The number of halogens is 1. The molecule has 1 N–H and O–H groups in total. The van der Waals surface area contributed by atoms with Gasteiger partial charge >= 0.3 is 5.97 Å². The van der Waals surface area contributed by atoms with Crippen LogP contribution < -0.4 is 4.90 Å². The van der Waals surface area contributed by atoms with Crippen LogP contribution in [0.25, 0.3) is 0 Å². The summed E-state index contributed by atoms with van der Waals surface area (Å²) in [7, 11) is 0. The van der Waals surface area contributed by atoms with Crippen molar-refractivity contribution in [1.82, 2.24) is 4.90 Å². The van der Waals surface area contributed by atoms with Crippen molar-refractivity contribution < 1.29 is 9.90 Å². The van der Waals surface area contributed by atoms with Crippen LogP contribution in [-0.4, -0.2) is 48.2 Å². The molecule has 1 unspecified atom stereocenters. The first kappa shape index (κ1) is 13.9. The van der Waals surface area contributed by atoms with E-state index in [1.54, 1.807) is 6.07 Å². The molecule has 0 saturated carbocycles. The van der Waals surface area contributed by atoms with Crippen molar-refractivity contribution in [2.24, 2.45) is 0 Å². The van der Waals surface area contributed by atoms with E-state index < -0.39 is 5.97 Å². The summed E-state index contributed by atoms with van der Waals surface area (Å²) in [6.45, 7) is 4.22. The van der Waals surface area contributed by atoms with Gasteiger partial charge in [-0.25, -0.2) is 4.79 Å². The van der Waals surface area contributed by atoms with Crippen LogP contribution in [0.5, 0.6) is 0 Å². The number of anilines is 1. The fourth-order valence-corrected chi connectivity index (χ4v) is 3.74. The molecule has 2 fully saturated rings. The van der Waals surface area contributed by atoms with Gasteiger partial charge in [0.1, 0.15) is 0 Å². The summed E-state index contributed by atoms with van der Waals surface area (Å²) in [5.74, 6) is -0.853. The fraction of sp³-hybridized carbons (Fsp3) is 0.533. The number of hydrogen-bond acceptors (Lipinski definition) is 3. The molecule has 108 valence electrons. The van der Waals surface area contributed by atoms with Crippen LogP contribution in [0, 0.1) is 0 Å². The van der Waals surface area contributed by atoms with E-state index in [1.165, 1.54) is 19.4 Å². The minimum atomic E-state index is -0.853. The molecule has 5 heteroatoms. The number of carbonyl (C=O) groups is 1. The molecule has 0 aromatic heterocycles. The van der Waals surface area contributed by atoms with Gasteiger partial charge in [-0.15, -0.1) is 0 Å². The molecule has 1 aromatic rings. The summed E-state index contributed by atoms with van der Waals surface area (Å²) in [4.78, 5) is 16.3. The molecular weight excluding hydrogens is 320 g/mol. The van der Waals surface area contributed by atoms with E-state index in [0.29, 0.717) is 11.6 Å². The van der Waals surface area contributed by atoms with Crippen molar-refractivity contribution in [3.63, 3.8) is 0 Å². The van der Waals surface area contributed by atoms with E-state index in [1.807, 2.05) is 12.1 Å². The molecule has 20 heavy (non-hydrogen) atoms. The summed E-state index contributed by atoms with van der Waals surface area (Å²) >= 11 is 3.36. The second-order valence-corrected chi connectivity index (χ2v) is 6.51. The Morgan fingerprint density at radius 1 is 1.25 bits per heavy atom. The van der Waals surface area contributed by atoms with Crippen LogP contribution in [0.2, 0.25) is 0 Å². The Labute approximate surface area is 127 Å². The van der Waals surface area contributed by atoms with Crippen molar-refractivity contribution in [2.45, 2.75) is 25.3 Å². The minimum absolute atomic E-state index is 0.394. The van der Waals surface area contributed by atoms with Gasteiger partial charge in [0.15, 0.2) is 0 Å². The maximum Gasteiger partial charge on any atom is 0.337 e. The van der Waals surface area contributed by atoms with Crippen molar-refractivity contribution in [3.8, 4) is 0 Å². The van der Waals surface area contributed by atoms with Gasteiger partial charge in [-0.2, -0.15) is 0 Å². The van der Waals surface area contributed by atoms with Crippen molar-refractivity contribution in [3.05, 3.63) is 28.2 Å². The van der Waals surface area contributed by atoms with Crippen molar-refractivity contribution >= 4 is 27.6 Å². The number of rotatable bonds is 2. The first-order valence-electron chi connectivity index (χ1n) is 7.17. The van der Waals surface area contributed by atoms with Gasteiger partial charge in [0.05, 0.1) is 11.3 Å².